The van der Waals surface area contributed by atoms with Gasteiger partial charge in [-0.05, 0) is 49.1 Å². The van der Waals surface area contributed by atoms with Crippen LogP contribution in [0, 0.1) is 17.3 Å². The molecule has 2 rings (SSSR count). The standard InChI is InChI=1S/C17H27N3/c1-17(2,3)14-11-9-13(10-12-14)16(20-18)19-15-7-5-4-6-8-15/h4-8,13-14H,9-12,18H2,1-3H3,(H,19,20). The van der Waals surface area contributed by atoms with E-state index in [4.69, 9.17) is 5.84 Å². The smallest absolute Gasteiger partial charge is 0.119 e. The summed E-state index contributed by atoms with van der Waals surface area (Å²) < 4.78 is 0. The Bertz CT molecular complexity index is 437. The van der Waals surface area contributed by atoms with Crippen LogP contribution in [0.2, 0.25) is 0 Å². The van der Waals surface area contributed by atoms with Gasteiger partial charge in [-0.3, -0.25) is 0 Å². The second kappa shape index (κ2) is 6.40. The molecule has 20 heavy (non-hydrogen) atoms. The van der Waals surface area contributed by atoms with E-state index in [0.29, 0.717) is 11.3 Å². The van der Waals surface area contributed by atoms with Crippen molar-refractivity contribution in [3.8, 4) is 0 Å². The Morgan fingerprint density at radius 3 is 2.20 bits per heavy atom. The Labute approximate surface area is 122 Å². The Kier molecular flexibility index (Phi) is 4.81. The fraction of sp³-hybridized carbons (Fsp3) is 0.588. The van der Waals surface area contributed by atoms with Crippen LogP contribution in [0.1, 0.15) is 46.5 Å². The first-order valence-corrected chi connectivity index (χ1v) is 7.61. The molecular formula is C17H27N3. The van der Waals surface area contributed by atoms with Crippen LogP contribution in [0.5, 0.6) is 0 Å². The lowest BCUT2D eigenvalue weighted by Gasteiger charge is -2.37. The number of nitrogens with one attached hydrogen (secondary N) is 1. The van der Waals surface area contributed by atoms with Crippen LogP contribution in [0.4, 0.5) is 5.69 Å². The number of amidine groups is 1. The first-order valence-electron chi connectivity index (χ1n) is 7.61. The quantitative estimate of drug-likeness (QED) is 0.370. The lowest BCUT2D eigenvalue weighted by Crippen LogP contribution is -2.39. The van der Waals surface area contributed by atoms with Gasteiger partial charge in [0.2, 0.25) is 0 Å². The molecule has 1 saturated carbocycles. The van der Waals surface area contributed by atoms with Gasteiger partial charge in [0.15, 0.2) is 0 Å². The number of aliphatic imine (C=N–C) groups is 1. The maximum Gasteiger partial charge on any atom is 0.119 e. The fourth-order valence-electron chi connectivity index (χ4n) is 3.12. The summed E-state index contributed by atoms with van der Waals surface area (Å²) >= 11 is 0. The van der Waals surface area contributed by atoms with Crippen molar-refractivity contribution < 1.29 is 0 Å². The zero-order valence-electron chi connectivity index (χ0n) is 12.9. The molecule has 1 aliphatic rings. The van der Waals surface area contributed by atoms with E-state index in [9.17, 15) is 0 Å². The Balaban J connectivity index is 2.03. The van der Waals surface area contributed by atoms with Crippen molar-refractivity contribution in [2.45, 2.75) is 46.5 Å². The SMILES string of the molecule is CC(C)(C)C1CCC(C(=Nc2ccccc2)NN)CC1. The van der Waals surface area contributed by atoms with E-state index < -0.39 is 0 Å². The van der Waals surface area contributed by atoms with E-state index in [2.05, 4.69) is 31.2 Å². The van der Waals surface area contributed by atoms with Gasteiger partial charge >= 0.3 is 0 Å². The third kappa shape index (κ3) is 3.83. The molecule has 0 heterocycles. The lowest BCUT2D eigenvalue weighted by molar-refractivity contribution is 0.166. The van der Waals surface area contributed by atoms with Crippen molar-refractivity contribution in [2.75, 3.05) is 0 Å². The van der Waals surface area contributed by atoms with E-state index in [0.717, 1.165) is 17.4 Å². The van der Waals surface area contributed by atoms with Crippen LogP contribution >= 0.6 is 0 Å². The Morgan fingerprint density at radius 2 is 1.70 bits per heavy atom. The number of para-hydroxylation sites is 1. The van der Waals surface area contributed by atoms with Gasteiger partial charge < -0.3 is 5.43 Å². The molecule has 3 heteroatoms. The number of benzene rings is 1. The summed E-state index contributed by atoms with van der Waals surface area (Å²) in [5.41, 5.74) is 4.21. The molecule has 0 spiro atoms. The van der Waals surface area contributed by atoms with Crippen molar-refractivity contribution in [3.63, 3.8) is 0 Å². The molecule has 110 valence electrons. The van der Waals surface area contributed by atoms with Crippen LogP contribution in [-0.4, -0.2) is 5.84 Å². The number of nitrogens with two attached hydrogens (primary N) is 1. The number of hydrazine groups is 1. The van der Waals surface area contributed by atoms with Crippen LogP contribution in [0.25, 0.3) is 0 Å². The van der Waals surface area contributed by atoms with E-state index >= 15 is 0 Å². The van der Waals surface area contributed by atoms with Crippen LogP contribution < -0.4 is 11.3 Å². The van der Waals surface area contributed by atoms with Crippen LogP contribution in [0.3, 0.4) is 0 Å². The van der Waals surface area contributed by atoms with Gasteiger partial charge in [-0.2, -0.15) is 0 Å². The average Bonchev–Trinajstić information content (AvgIpc) is 2.45. The first kappa shape index (κ1) is 15.0. The largest absolute Gasteiger partial charge is 0.312 e. The molecule has 3 N–H and O–H groups in total. The molecule has 3 nitrogen and oxygen atoms in total. The molecule has 0 saturated heterocycles. The highest BCUT2D eigenvalue weighted by molar-refractivity contribution is 5.86. The predicted octanol–water partition coefficient (Wildman–Crippen LogP) is 4.03. The maximum absolute atomic E-state index is 5.69. The van der Waals surface area contributed by atoms with Crippen molar-refractivity contribution in [1.29, 1.82) is 0 Å². The summed E-state index contributed by atoms with van der Waals surface area (Å²) in [6.45, 7) is 7.04. The molecule has 0 aliphatic heterocycles. The highest BCUT2D eigenvalue weighted by Crippen LogP contribution is 2.40. The molecule has 1 aromatic carbocycles. The van der Waals surface area contributed by atoms with E-state index in [-0.39, 0.29) is 0 Å². The molecule has 0 bridgehead atoms. The van der Waals surface area contributed by atoms with E-state index in [1.807, 2.05) is 30.3 Å². The topological polar surface area (TPSA) is 50.4 Å². The minimum absolute atomic E-state index is 0.415. The third-order valence-corrected chi connectivity index (χ3v) is 4.49. The number of hydrogen-bond acceptors (Lipinski definition) is 2. The molecule has 1 aliphatic carbocycles. The average molecular weight is 273 g/mol. The molecule has 0 amide bonds. The van der Waals surface area contributed by atoms with Gasteiger partial charge in [0.25, 0.3) is 0 Å². The predicted molar refractivity (Wildman–Crippen MR) is 85.8 cm³/mol. The van der Waals surface area contributed by atoms with Gasteiger partial charge in [-0.25, -0.2) is 10.8 Å². The third-order valence-electron chi connectivity index (χ3n) is 4.49. The minimum Gasteiger partial charge on any atom is -0.312 e. The first-order chi connectivity index (χ1) is 9.50. The minimum atomic E-state index is 0.415. The van der Waals surface area contributed by atoms with Gasteiger partial charge in [0, 0.05) is 5.92 Å². The highest BCUT2D eigenvalue weighted by Gasteiger charge is 2.31. The van der Waals surface area contributed by atoms with Crippen LogP contribution in [-0.2, 0) is 0 Å². The molecule has 0 radical (unpaired) electrons. The normalized spacial score (nSPS) is 24.5. The summed E-state index contributed by atoms with van der Waals surface area (Å²) in [5, 5.41) is 0. The highest BCUT2D eigenvalue weighted by atomic mass is 15.3. The van der Waals surface area contributed by atoms with Gasteiger partial charge in [0.1, 0.15) is 5.84 Å². The van der Waals surface area contributed by atoms with Crippen molar-refractivity contribution in [1.82, 2.24) is 5.43 Å². The Morgan fingerprint density at radius 1 is 1.10 bits per heavy atom. The van der Waals surface area contributed by atoms with E-state index in [1.54, 1.807) is 0 Å². The maximum atomic E-state index is 5.69. The van der Waals surface area contributed by atoms with Crippen molar-refractivity contribution in [3.05, 3.63) is 30.3 Å². The number of hydrogen-bond donors (Lipinski definition) is 2. The molecule has 0 unspecified atom stereocenters. The number of rotatable bonds is 2. The van der Waals surface area contributed by atoms with Crippen LogP contribution in [0.15, 0.2) is 35.3 Å². The molecule has 0 atom stereocenters. The van der Waals surface area contributed by atoms with Gasteiger partial charge in [-0.15, -0.1) is 0 Å². The molecule has 0 aromatic heterocycles. The Hall–Kier alpha value is -1.35. The van der Waals surface area contributed by atoms with Crippen molar-refractivity contribution >= 4 is 11.5 Å². The lowest BCUT2D eigenvalue weighted by atomic mass is 9.69. The molecular weight excluding hydrogens is 246 g/mol. The summed E-state index contributed by atoms with van der Waals surface area (Å²) in [6.07, 6.45) is 4.89. The monoisotopic (exact) mass is 273 g/mol. The van der Waals surface area contributed by atoms with Gasteiger partial charge in [-0.1, -0.05) is 39.0 Å². The summed E-state index contributed by atoms with van der Waals surface area (Å²) in [6, 6.07) is 10.0. The van der Waals surface area contributed by atoms with Crippen molar-refractivity contribution in [2.24, 2.45) is 28.1 Å². The summed E-state index contributed by atoms with van der Waals surface area (Å²) in [7, 11) is 0. The second-order valence-corrected chi connectivity index (χ2v) is 6.89. The fourth-order valence-corrected chi connectivity index (χ4v) is 3.12. The second-order valence-electron chi connectivity index (χ2n) is 6.89. The molecule has 1 fully saturated rings. The summed E-state index contributed by atoms with van der Waals surface area (Å²) in [5.74, 6) is 7.91. The zero-order chi connectivity index (χ0) is 14.6. The molecule has 1 aromatic rings. The summed E-state index contributed by atoms with van der Waals surface area (Å²) in [4.78, 5) is 4.67. The number of nitrogens with zero attached hydrogens (tertiary/aromatic N) is 1. The van der Waals surface area contributed by atoms with E-state index in [1.165, 1.54) is 25.7 Å². The zero-order valence-corrected chi connectivity index (χ0v) is 12.9. The van der Waals surface area contributed by atoms with Gasteiger partial charge in [0.05, 0.1) is 5.69 Å².